The Kier molecular flexibility index (Phi) is 3.37. The Morgan fingerprint density at radius 1 is 1.69 bits per heavy atom. The predicted octanol–water partition coefficient (Wildman–Crippen LogP) is -0.863. The van der Waals surface area contributed by atoms with Gasteiger partial charge in [-0.05, 0) is 0 Å². The molecule has 0 radical (unpaired) electrons. The Bertz CT molecular complexity index is 359. The van der Waals surface area contributed by atoms with Gasteiger partial charge in [0.05, 0.1) is 32.1 Å². The van der Waals surface area contributed by atoms with Crippen molar-refractivity contribution >= 4 is 11.7 Å². The lowest BCUT2D eigenvalue weighted by atomic mass is 10.3. The first-order valence-electron chi connectivity index (χ1n) is 5.04. The van der Waals surface area contributed by atoms with Gasteiger partial charge in [-0.1, -0.05) is 0 Å². The maximum Gasteiger partial charge on any atom is 0.256 e. The minimum atomic E-state index is -0.263. The van der Waals surface area contributed by atoms with Gasteiger partial charge in [-0.15, -0.1) is 0 Å². The van der Waals surface area contributed by atoms with E-state index in [4.69, 9.17) is 15.2 Å². The Morgan fingerprint density at radius 3 is 3.19 bits per heavy atom. The SMILES string of the molecule is Nc1[nH]ncc1C(=O)NCC1COCCO1. The van der Waals surface area contributed by atoms with Crippen LogP contribution in [0.5, 0.6) is 0 Å². The number of amides is 1. The topological polar surface area (TPSA) is 102 Å². The highest BCUT2D eigenvalue weighted by molar-refractivity contribution is 5.98. The van der Waals surface area contributed by atoms with Gasteiger partial charge in [0, 0.05) is 6.54 Å². The molecular weight excluding hydrogens is 212 g/mol. The van der Waals surface area contributed by atoms with Crippen LogP contribution in [-0.4, -0.2) is 48.6 Å². The number of H-pyrrole nitrogens is 1. The highest BCUT2D eigenvalue weighted by atomic mass is 16.6. The van der Waals surface area contributed by atoms with Crippen molar-refractivity contribution in [2.75, 3.05) is 32.1 Å². The number of carbonyl (C=O) groups is 1. The molecule has 1 unspecified atom stereocenters. The van der Waals surface area contributed by atoms with Gasteiger partial charge in [0.25, 0.3) is 5.91 Å². The number of aromatic nitrogens is 2. The zero-order valence-electron chi connectivity index (χ0n) is 8.73. The van der Waals surface area contributed by atoms with Crippen molar-refractivity contribution < 1.29 is 14.3 Å². The van der Waals surface area contributed by atoms with E-state index in [1.165, 1.54) is 6.20 Å². The summed E-state index contributed by atoms with van der Waals surface area (Å²) >= 11 is 0. The van der Waals surface area contributed by atoms with E-state index in [1.807, 2.05) is 0 Å². The zero-order valence-corrected chi connectivity index (χ0v) is 8.73. The first-order chi connectivity index (χ1) is 7.77. The summed E-state index contributed by atoms with van der Waals surface area (Å²) in [6.07, 6.45) is 1.30. The molecule has 1 saturated heterocycles. The Morgan fingerprint density at radius 2 is 2.56 bits per heavy atom. The number of nitrogens with zero attached hydrogens (tertiary/aromatic N) is 1. The molecular formula is C9H14N4O3. The van der Waals surface area contributed by atoms with Gasteiger partial charge in [0.15, 0.2) is 0 Å². The third-order valence-corrected chi connectivity index (χ3v) is 2.29. The summed E-state index contributed by atoms with van der Waals surface area (Å²) in [5.74, 6) is -0.00117. The fourth-order valence-corrected chi connectivity index (χ4v) is 1.43. The highest BCUT2D eigenvalue weighted by Crippen LogP contribution is 2.05. The largest absolute Gasteiger partial charge is 0.383 e. The Hall–Kier alpha value is -1.60. The quantitative estimate of drug-likeness (QED) is 0.622. The number of nitrogens with two attached hydrogens (primary N) is 1. The van der Waals surface area contributed by atoms with E-state index in [9.17, 15) is 4.79 Å². The summed E-state index contributed by atoms with van der Waals surface area (Å²) in [6.45, 7) is 2.08. The van der Waals surface area contributed by atoms with Crippen molar-refractivity contribution in [1.82, 2.24) is 15.5 Å². The Balaban J connectivity index is 1.81. The molecule has 1 amide bonds. The molecule has 2 heterocycles. The van der Waals surface area contributed by atoms with Gasteiger partial charge < -0.3 is 20.5 Å². The van der Waals surface area contributed by atoms with E-state index in [1.54, 1.807) is 0 Å². The first kappa shape index (κ1) is 10.9. The van der Waals surface area contributed by atoms with Gasteiger partial charge in [-0.3, -0.25) is 9.89 Å². The van der Waals surface area contributed by atoms with Crippen molar-refractivity contribution in [2.45, 2.75) is 6.10 Å². The molecule has 1 aliphatic rings. The lowest BCUT2D eigenvalue weighted by Crippen LogP contribution is -2.39. The third kappa shape index (κ3) is 2.50. The summed E-state index contributed by atoms with van der Waals surface area (Å²) in [7, 11) is 0. The summed E-state index contributed by atoms with van der Waals surface area (Å²) in [5, 5.41) is 8.88. The van der Waals surface area contributed by atoms with Crippen molar-refractivity contribution in [3.63, 3.8) is 0 Å². The molecule has 4 N–H and O–H groups in total. The molecule has 1 aliphatic heterocycles. The fraction of sp³-hybridized carbons (Fsp3) is 0.556. The van der Waals surface area contributed by atoms with Crippen LogP contribution >= 0.6 is 0 Å². The second-order valence-corrected chi connectivity index (χ2v) is 3.48. The maximum absolute atomic E-state index is 11.6. The van der Waals surface area contributed by atoms with E-state index >= 15 is 0 Å². The minimum absolute atomic E-state index is 0.0918. The van der Waals surface area contributed by atoms with Crippen LogP contribution in [0.15, 0.2) is 6.20 Å². The summed E-state index contributed by atoms with van der Waals surface area (Å²) in [4.78, 5) is 11.6. The monoisotopic (exact) mass is 226 g/mol. The second kappa shape index (κ2) is 4.95. The van der Waals surface area contributed by atoms with Crippen LogP contribution in [-0.2, 0) is 9.47 Å². The average Bonchev–Trinajstić information content (AvgIpc) is 2.74. The van der Waals surface area contributed by atoms with Crippen molar-refractivity contribution in [2.24, 2.45) is 0 Å². The molecule has 0 bridgehead atoms. The predicted molar refractivity (Wildman–Crippen MR) is 55.9 cm³/mol. The van der Waals surface area contributed by atoms with Crippen LogP contribution in [0.25, 0.3) is 0 Å². The molecule has 7 nitrogen and oxygen atoms in total. The molecule has 1 fully saturated rings. The van der Waals surface area contributed by atoms with E-state index < -0.39 is 0 Å². The molecule has 0 spiro atoms. The van der Waals surface area contributed by atoms with Crippen LogP contribution < -0.4 is 11.1 Å². The number of anilines is 1. The molecule has 0 aliphatic carbocycles. The minimum Gasteiger partial charge on any atom is -0.383 e. The van der Waals surface area contributed by atoms with Crippen LogP contribution in [0, 0.1) is 0 Å². The van der Waals surface area contributed by atoms with Crippen LogP contribution in [0.4, 0.5) is 5.82 Å². The number of nitrogens with one attached hydrogen (secondary N) is 2. The average molecular weight is 226 g/mol. The van der Waals surface area contributed by atoms with E-state index in [0.29, 0.717) is 31.9 Å². The molecule has 0 aromatic carbocycles. The number of aromatic amines is 1. The number of nitrogen functional groups attached to an aromatic ring is 1. The first-order valence-corrected chi connectivity index (χ1v) is 5.04. The maximum atomic E-state index is 11.6. The van der Waals surface area contributed by atoms with Crippen LogP contribution in [0.1, 0.15) is 10.4 Å². The fourth-order valence-electron chi connectivity index (χ4n) is 1.43. The van der Waals surface area contributed by atoms with E-state index in [0.717, 1.165) is 0 Å². The van der Waals surface area contributed by atoms with Crippen molar-refractivity contribution in [1.29, 1.82) is 0 Å². The number of hydrogen-bond donors (Lipinski definition) is 3. The molecule has 1 aromatic rings. The lowest BCUT2D eigenvalue weighted by molar-refractivity contribution is -0.0855. The standard InChI is InChI=1S/C9H14N4O3/c10-8-7(4-12-13-8)9(14)11-3-6-5-15-1-2-16-6/h4,6H,1-3,5H2,(H,11,14)(H3,10,12,13). The molecule has 1 atom stereocenters. The van der Waals surface area contributed by atoms with Crippen LogP contribution in [0.3, 0.4) is 0 Å². The number of carbonyl (C=O) groups excluding carboxylic acids is 1. The van der Waals surface area contributed by atoms with E-state index in [2.05, 4.69) is 15.5 Å². The Labute approximate surface area is 92.3 Å². The molecule has 0 saturated carbocycles. The zero-order chi connectivity index (χ0) is 11.4. The number of hydrogen-bond acceptors (Lipinski definition) is 5. The van der Waals surface area contributed by atoms with Gasteiger partial charge in [-0.2, -0.15) is 5.10 Å². The smallest absolute Gasteiger partial charge is 0.256 e. The van der Waals surface area contributed by atoms with Crippen molar-refractivity contribution in [3.05, 3.63) is 11.8 Å². The summed E-state index contributed by atoms with van der Waals surface area (Å²) in [6, 6.07) is 0. The highest BCUT2D eigenvalue weighted by Gasteiger charge is 2.17. The van der Waals surface area contributed by atoms with Gasteiger partial charge in [0.1, 0.15) is 11.4 Å². The molecule has 7 heteroatoms. The van der Waals surface area contributed by atoms with E-state index in [-0.39, 0.29) is 17.8 Å². The lowest BCUT2D eigenvalue weighted by Gasteiger charge is -2.22. The van der Waals surface area contributed by atoms with Crippen molar-refractivity contribution in [3.8, 4) is 0 Å². The summed E-state index contributed by atoms with van der Waals surface area (Å²) < 4.78 is 10.6. The number of rotatable bonds is 3. The summed E-state index contributed by atoms with van der Waals surface area (Å²) in [5.41, 5.74) is 5.86. The van der Waals surface area contributed by atoms with Gasteiger partial charge >= 0.3 is 0 Å². The second-order valence-electron chi connectivity index (χ2n) is 3.48. The van der Waals surface area contributed by atoms with Gasteiger partial charge in [-0.25, -0.2) is 0 Å². The molecule has 1 aromatic heterocycles. The normalized spacial score (nSPS) is 20.6. The number of ether oxygens (including phenoxy) is 2. The molecule has 88 valence electrons. The molecule has 16 heavy (non-hydrogen) atoms. The third-order valence-electron chi connectivity index (χ3n) is 2.29. The van der Waals surface area contributed by atoms with Gasteiger partial charge in [0.2, 0.25) is 0 Å². The van der Waals surface area contributed by atoms with Crippen LogP contribution in [0.2, 0.25) is 0 Å². The molecule has 2 rings (SSSR count).